The molecular formula is C26H45NO3SSi. The molecule has 0 aromatic carbocycles. The summed E-state index contributed by atoms with van der Waals surface area (Å²) in [5.41, 5.74) is 3.29. The van der Waals surface area contributed by atoms with Crippen LogP contribution >= 0.6 is 11.3 Å². The maximum atomic E-state index is 11.6. The summed E-state index contributed by atoms with van der Waals surface area (Å²) in [6, 6.07) is 0. The summed E-state index contributed by atoms with van der Waals surface area (Å²) in [6.07, 6.45) is 8.05. The molecule has 32 heavy (non-hydrogen) atoms. The zero-order valence-electron chi connectivity index (χ0n) is 22.0. The highest BCUT2D eigenvalue weighted by Gasteiger charge is 2.37. The maximum absolute atomic E-state index is 11.6. The van der Waals surface area contributed by atoms with Gasteiger partial charge in [-0.1, -0.05) is 39.3 Å². The quantitative estimate of drug-likeness (QED) is 0.173. The molecule has 0 bridgehead atoms. The van der Waals surface area contributed by atoms with E-state index in [0.29, 0.717) is 12.3 Å². The Morgan fingerprint density at radius 2 is 1.91 bits per heavy atom. The van der Waals surface area contributed by atoms with Crippen LogP contribution in [0, 0.1) is 12.8 Å². The van der Waals surface area contributed by atoms with Gasteiger partial charge < -0.3 is 9.16 Å². The standard InChI is InChI=1S/C26H45NO3SSi/c1-19(12-11-13-20(2)17-29-32(9,10)26(6,7)8)14-15-25(30-23(5)28)21(3)16-24-18-31-22(4)27-24/h14,16,18,20,25H,11-13,15,17H2,1-10H3. The highest BCUT2D eigenvalue weighted by molar-refractivity contribution is 7.09. The first-order valence-electron chi connectivity index (χ1n) is 11.8. The molecule has 0 aliphatic heterocycles. The van der Waals surface area contributed by atoms with Gasteiger partial charge in [0.25, 0.3) is 0 Å². The van der Waals surface area contributed by atoms with Gasteiger partial charge in [0.2, 0.25) is 0 Å². The van der Waals surface area contributed by atoms with E-state index >= 15 is 0 Å². The van der Waals surface area contributed by atoms with Crippen molar-refractivity contribution in [3.8, 4) is 0 Å². The summed E-state index contributed by atoms with van der Waals surface area (Å²) >= 11 is 1.63. The average molecular weight is 480 g/mol. The number of esters is 1. The van der Waals surface area contributed by atoms with Crippen molar-refractivity contribution in [3.05, 3.63) is 33.3 Å². The first kappa shape index (κ1) is 28.8. The lowest BCUT2D eigenvalue weighted by Crippen LogP contribution is -2.41. The summed E-state index contributed by atoms with van der Waals surface area (Å²) in [5.74, 6) is 0.316. The van der Waals surface area contributed by atoms with Crippen molar-refractivity contribution in [3.63, 3.8) is 0 Å². The van der Waals surface area contributed by atoms with Crippen LogP contribution in [0.25, 0.3) is 6.08 Å². The molecule has 0 fully saturated rings. The van der Waals surface area contributed by atoms with Crippen molar-refractivity contribution in [2.24, 2.45) is 5.92 Å². The molecule has 0 N–H and O–H groups in total. The SMILES string of the molecule is CC(=O)OC(CC=C(C)CCCC(C)CO[Si](C)(C)C(C)(C)C)C(C)=Cc1csc(C)n1. The number of rotatable bonds is 12. The van der Waals surface area contributed by atoms with Gasteiger partial charge in [0.1, 0.15) is 6.10 Å². The molecule has 6 heteroatoms. The number of aryl methyl sites for hydroxylation is 1. The molecule has 182 valence electrons. The smallest absolute Gasteiger partial charge is 0.303 e. The predicted octanol–water partition coefficient (Wildman–Crippen LogP) is 7.95. The molecule has 0 amide bonds. The number of allylic oxidation sites excluding steroid dienone is 1. The van der Waals surface area contributed by atoms with Crippen LogP contribution in [0.2, 0.25) is 18.1 Å². The molecule has 0 saturated carbocycles. The van der Waals surface area contributed by atoms with Crippen LogP contribution in [0.3, 0.4) is 0 Å². The van der Waals surface area contributed by atoms with E-state index < -0.39 is 8.32 Å². The van der Waals surface area contributed by atoms with Crippen molar-refractivity contribution < 1.29 is 14.0 Å². The molecule has 1 rings (SSSR count). The van der Waals surface area contributed by atoms with E-state index in [0.717, 1.165) is 42.1 Å². The maximum Gasteiger partial charge on any atom is 0.303 e. The minimum absolute atomic E-state index is 0.249. The second-order valence-electron chi connectivity index (χ2n) is 10.6. The fourth-order valence-electron chi connectivity index (χ4n) is 3.09. The van der Waals surface area contributed by atoms with Crippen molar-refractivity contribution >= 4 is 31.7 Å². The van der Waals surface area contributed by atoms with Crippen molar-refractivity contribution in [2.75, 3.05) is 6.61 Å². The molecule has 2 unspecified atom stereocenters. The van der Waals surface area contributed by atoms with Crippen LogP contribution < -0.4 is 0 Å². The van der Waals surface area contributed by atoms with Gasteiger partial charge in [-0.2, -0.15) is 0 Å². The van der Waals surface area contributed by atoms with Gasteiger partial charge in [-0.25, -0.2) is 4.98 Å². The van der Waals surface area contributed by atoms with Crippen LogP contribution in [0.15, 0.2) is 22.6 Å². The third-order valence-electron chi connectivity index (χ3n) is 6.31. The zero-order chi connectivity index (χ0) is 24.5. The first-order chi connectivity index (χ1) is 14.7. The van der Waals surface area contributed by atoms with Crippen LogP contribution in [0.5, 0.6) is 0 Å². The molecule has 4 nitrogen and oxygen atoms in total. The third kappa shape index (κ3) is 10.6. The Hall–Kier alpha value is -1.24. The van der Waals surface area contributed by atoms with E-state index in [1.54, 1.807) is 11.3 Å². The monoisotopic (exact) mass is 479 g/mol. The lowest BCUT2D eigenvalue weighted by atomic mass is 10.0. The highest BCUT2D eigenvalue weighted by atomic mass is 32.1. The fourth-order valence-corrected chi connectivity index (χ4v) is 4.79. The van der Waals surface area contributed by atoms with E-state index in [2.05, 4.69) is 58.8 Å². The average Bonchev–Trinajstić information content (AvgIpc) is 3.06. The van der Waals surface area contributed by atoms with Gasteiger partial charge >= 0.3 is 5.97 Å². The zero-order valence-corrected chi connectivity index (χ0v) is 23.8. The Bertz CT molecular complexity index is 789. The van der Waals surface area contributed by atoms with Crippen LogP contribution in [-0.2, 0) is 14.0 Å². The third-order valence-corrected chi connectivity index (χ3v) is 11.6. The number of carbonyl (C=O) groups excluding carboxylic acids is 1. The Morgan fingerprint density at radius 3 is 2.44 bits per heavy atom. The number of nitrogens with zero attached hydrogens (tertiary/aromatic N) is 1. The lowest BCUT2D eigenvalue weighted by Gasteiger charge is -2.37. The number of thiazole rings is 1. The number of carbonyl (C=O) groups is 1. The van der Waals surface area contributed by atoms with E-state index in [1.165, 1.54) is 12.5 Å². The summed E-state index contributed by atoms with van der Waals surface area (Å²) in [5, 5.41) is 3.32. The van der Waals surface area contributed by atoms with Crippen LogP contribution in [-0.4, -0.2) is 32.0 Å². The van der Waals surface area contributed by atoms with E-state index in [4.69, 9.17) is 9.16 Å². The topological polar surface area (TPSA) is 48.4 Å². The Balaban J connectivity index is 2.55. The number of hydrogen-bond donors (Lipinski definition) is 0. The van der Waals surface area contributed by atoms with Crippen LogP contribution in [0.1, 0.15) is 84.9 Å². The van der Waals surface area contributed by atoms with Crippen LogP contribution in [0.4, 0.5) is 0 Å². The molecule has 0 spiro atoms. The van der Waals surface area contributed by atoms with Gasteiger partial charge in [0, 0.05) is 25.3 Å². The summed E-state index contributed by atoms with van der Waals surface area (Å²) in [6.45, 7) is 22.3. The van der Waals surface area contributed by atoms with Crippen molar-refractivity contribution in [1.82, 2.24) is 4.98 Å². The van der Waals surface area contributed by atoms with Crippen molar-refractivity contribution in [2.45, 2.75) is 105 Å². The van der Waals surface area contributed by atoms with Gasteiger partial charge in [0.15, 0.2) is 8.32 Å². The number of aromatic nitrogens is 1. The number of ether oxygens (including phenoxy) is 1. The highest BCUT2D eigenvalue weighted by Crippen LogP contribution is 2.37. The fraction of sp³-hybridized carbons (Fsp3) is 0.692. The van der Waals surface area contributed by atoms with E-state index in [9.17, 15) is 4.79 Å². The summed E-state index contributed by atoms with van der Waals surface area (Å²) in [4.78, 5) is 16.1. The minimum Gasteiger partial charge on any atom is -0.458 e. The Kier molecular flexibility index (Phi) is 11.6. The van der Waals surface area contributed by atoms with Gasteiger partial charge in [0.05, 0.1) is 10.7 Å². The number of hydrogen-bond acceptors (Lipinski definition) is 5. The second-order valence-corrected chi connectivity index (χ2v) is 16.5. The summed E-state index contributed by atoms with van der Waals surface area (Å²) in [7, 11) is -1.67. The molecule has 2 atom stereocenters. The molecule has 1 heterocycles. The first-order valence-corrected chi connectivity index (χ1v) is 15.6. The summed E-state index contributed by atoms with van der Waals surface area (Å²) < 4.78 is 12.0. The van der Waals surface area contributed by atoms with E-state index in [1.807, 2.05) is 25.3 Å². The van der Waals surface area contributed by atoms with Gasteiger partial charge in [-0.3, -0.25) is 4.79 Å². The van der Waals surface area contributed by atoms with Gasteiger partial charge in [-0.15, -0.1) is 11.3 Å². The Morgan fingerprint density at radius 1 is 1.25 bits per heavy atom. The molecule has 1 aromatic rings. The molecule has 0 aliphatic rings. The molecule has 1 aromatic heterocycles. The molecule has 0 aliphatic carbocycles. The minimum atomic E-state index is -1.67. The second kappa shape index (κ2) is 12.9. The molecule has 0 radical (unpaired) electrons. The molecular weight excluding hydrogens is 434 g/mol. The van der Waals surface area contributed by atoms with Crippen molar-refractivity contribution in [1.29, 1.82) is 0 Å². The lowest BCUT2D eigenvalue weighted by molar-refractivity contribution is -0.144. The predicted molar refractivity (Wildman–Crippen MR) is 141 cm³/mol. The van der Waals surface area contributed by atoms with E-state index in [-0.39, 0.29) is 17.1 Å². The molecule has 0 saturated heterocycles. The Labute approximate surface area is 201 Å². The van der Waals surface area contributed by atoms with Gasteiger partial charge in [-0.05, 0) is 75.7 Å². The largest absolute Gasteiger partial charge is 0.458 e. The normalized spacial score (nSPS) is 15.6.